The zero-order chi connectivity index (χ0) is 23.8. The lowest BCUT2D eigenvalue weighted by Crippen LogP contribution is -2.50. The van der Waals surface area contributed by atoms with Crippen molar-refractivity contribution in [3.05, 3.63) is 71.0 Å². The van der Waals surface area contributed by atoms with Gasteiger partial charge in [0.15, 0.2) is 0 Å². The summed E-state index contributed by atoms with van der Waals surface area (Å²) in [6.07, 6.45) is 1.12. The van der Waals surface area contributed by atoms with Crippen LogP contribution in [0.4, 0.5) is 14.0 Å². The molecule has 1 fully saturated rings. The first-order valence-electron chi connectivity index (χ1n) is 11.5. The van der Waals surface area contributed by atoms with Gasteiger partial charge in [0.2, 0.25) is 0 Å². The number of carbonyl (C=O) groups is 2. The average molecular weight is 454 g/mol. The van der Waals surface area contributed by atoms with Gasteiger partial charge in [0.25, 0.3) is 0 Å². The molecule has 7 heteroatoms. The third-order valence-electron chi connectivity index (χ3n) is 6.38. The second-order valence-electron chi connectivity index (χ2n) is 9.86. The van der Waals surface area contributed by atoms with Gasteiger partial charge in [-0.15, -0.1) is 0 Å². The second kappa shape index (κ2) is 9.04. The quantitative estimate of drug-likeness (QED) is 0.654. The Morgan fingerprint density at radius 1 is 1.06 bits per heavy atom. The van der Waals surface area contributed by atoms with Crippen LogP contribution in [0, 0.1) is 5.82 Å². The molecule has 33 heavy (non-hydrogen) atoms. The molecular weight excluding hydrogens is 421 g/mol. The fraction of sp³-hybridized carbons (Fsp3) is 0.462. The van der Waals surface area contributed by atoms with Crippen LogP contribution >= 0.6 is 0 Å². The van der Waals surface area contributed by atoms with Crippen LogP contribution in [0.2, 0.25) is 0 Å². The summed E-state index contributed by atoms with van der Waals surface area (Å²) in [7, 11) is 1.80. The number of amides is 3. The number of halogens is 1. The summed E-state index contributed by atoms with van der Waals surface area (Å²) in [6.45, 7) is 7.11. The molecule has 0 spiro atoms. The van der Waals surface area contributed by atoms with E-state index in [1.165, 1.54) is 17.7 Å². The molecule has 0 saturated carbocycles. The minimum atomic E-state index is -0.555. The Labute approximate surface area is 194 Å². The largest absolute Gasteiger partial charge is 0.444 e. The molecule has 0 aromatic heterocycles. The number of urea groups is 1. The van der Waals surface area contributed by atoms with E-state index in [0.717, 1.165) is 17.5 Å². The van der Waals surface area contributed by atoms with Crippen LogP contribution in [-0.4, -0.2) is 65.1 Å². The molecule has 2 aliphatic heterocycles. The predicted molar refractivity (Wildman–Crippen MR) is 124 cm³/mol. The zero-order valence-electron chi connectivity index (χ0n) is 19.8. The van der Waals surface area contributed by atoms with E-state index in [2.05, 4.69) is 6.07 Å². The molecule has 3 amide bonds. The van der Waals surface area contributed by atoms with Crippen molar-refractivity contribution < 1.29 is 18.7 Å². The molecule has 2 aromatic rings. The van der Waals surface area contributed by atoms with E-state index < -0.39 is 5.60 Å². The summed E-state index contributed by atoms with van der Waals surface area (Å²) in [6, 6.07) is 14.0. The number of likely N-dealkylation sites (N-methyl/N-ethyl adjacent to an activating group) is 1. The van der Waals surface area contributed by atoms with E-state index in [4.69, 9.17) is 4.74 Å². The molecular formula is C26H32FN3O3. The average Bonchev–Trinajstić information content (AvgIpc) is 3.27. The van der Waals surface area contributed by atoms with E-state index in [9.17, 15) is 14.0 Å². The number of nitrogens with zero attached hydrogens (tertiary/aromatic N) is 3. The van der Waals surface area contributed by atoms with Crippen molar-refractivity contribution in [3.8, 4) is 0 Å². The van der Waals surface area contributed by atoms with Crippen molar-refractivity contribution in [1.29, 1.82) is 0 Å². The molecule has 6 nitrogen and oxygen atoms in total. The Hall–Kier alpha value is -3.09. The molecule has 0 bridgehead atoms. The summed E-state index contributed by atoms with van der Waals surface area (Å²) in [5.74, 6) is -0.300. The maximum atomic E-state index is 13.7. The molecule has 4 rings (SSSR count). The van der Waals surface area contributed by atoms with Gasteiger partial charge in [0.1, 0.15) is 11.4 Å². The summed E-state index contributed by atoms with van der Waals surface area (Å²) < 4.78 is 19.1. The van der Waals surface area contributed by atoms with E-state index in [1.807, 2.05) is 43.9 Å². The monoisotopic (exact) mass is 453 g/mol. The molecule has 0 radical (unpaired) electrons. The Bertz CT molecular complexity index is 1020. The third-order valence-corrected chi connectivity index (χ3v) is 6.38. The third kappa shape index (κ3) is 4.97. The van der Waals surface area contributed by atoms with Crippen LogP contribution in [0.5, 0.6) is 0 Å². The van der Waals surface area contributed by atoms with Crippen LogP contribution in [0.25, 0.3) is 0 Å². The zero-order valence-corrected chi connectivity index (χ0v) is 19.8. The number of benzene rings is 2. The summed E-state index contributed by atoms with van der Waals surface area (Å²) in [5.41, 5.74) is 2.60. The minimum Gasteiger partial charge on any atom is -0.444 e. The number of likely N-dealkylation sites (tertiary alicyclic amines) is 1. The molecule has 2 aromatic carbocycles. The van der Waals surface area contributed by atoms with E-state index in [1.54, 1.807) is 29.0 Å². The number of carbonyl (C=O) groups excluding carboxylic acids is 2. The van der Waals surface area contributed by atoms with Crippen molar-refractivity contribution in [2.45, 2.75) is 51.3 Å². The topological polar surface area (TPSA) is 53.1 Å². The maximum Gasteiger partial charge on any atom is 0.410 e. The van der Waals surface area contributed by atoms with Crippen molar-refractivity contribution in [3.63, 3.8) is 0 Å². The minimum absolute atomic E-state index is 0.0870. The highest BCUT2D eigenvalue weighted by molar-refractivity contribution is 5.77. The molecule has 1 saturated heterocycles. The first-order chi connectivity index (χ1) is 15.6. The van der Waals surface area contributed by atoms with E-state index >= 15 is 0 Å². The second-order valence-corrected chi connectivity index (χ2v) is 9.86. The van der Waals surface area contributed by atoms with Gasteiger partial charge in [-0.1, -0.05) is 36.4 Å². The highest BCUT2D eigenvalue weighted by Gasteiger charge is 2.38. The van der Waals surface area contributed by atoms with E-state index in [0.29, 0.717) is 26.1 Å². The normalized spacial score (nSPS) is 20.4. The summed E-state index contributed by atoms with van der Waals surface area (Å²) in [5, 5.41) is 0. The van der Waals surface area contributed by atoms with Crippen molar-refractivity contribution >= 4 is 12.1 Å². The van der Waals surface area contributed by atoms with Crippen LogP contribution in [0.1, 0.15) is 49.9 Å². The molecule has 2 heterocycles. The Kier molecular flexibility index (Phi) is 6.32. The lowest BCUT2D eigenvalue weighted by atomic mass is 9.88. The number of rotatable bonds is 2. The fourth-order valence-corrected chi connectivity index (χ4v) is 4.69. The lowest BCUT2D eigenvalue weighted by molar-refractivity contribution is 0.0282. The van der Waals surface area contributed by atoms with Crippen LogP contribution in [-0.2, 0) is 11.2 Å². The summed E-state index contributed by atoms with van der Waals surface area (Å²) in [4.78, 5) is 31.4. The SMILES string of the molecule is CN(C(=O)N1CCc2ccccc2[C@@H]1c1ccc(F)cc1)C1CCN(C(=O)OC(C)(C)C)C1. The fourth-order valence-electron chi connectivity index (χ4n) is 4.69. The summed E-state index contributed by atoms with van der Waals surface area (Å²) >= 11 is 0. The van der Waals surface area contributed by atoms with Gasteiger partial charge in [-0.2, -0.15) is 0 Å². The van der Waals surface area contributed by atoms with Gasteiger partial charge in [-0.05, 0) is 62.4 Å². The van der Waals surface area contributed by atoms with Crippen molar-refractivity contribution in [2.24, 2.45) is 0 Å². The molecule has 2 atom stereocenters. The van der Waals surface area contributed by atoms with Gasteiger partial charge in [-0.25, -0.2) is 14.0 Å². The van der Waals surface area contributed by atoms with Crippen LogP contribution in [0.3, 0.4) is 0 Å². The highest BCUT2D eigenvalue weighted by atomic mass is 19.1. The molecule has 1 unspecified atom stereocenters. The molecule has 0 aliphatic carbocycles. The Morgan fingerprint density at radius 2 is 1.76 bits per heavy atom. The number of fused-ring (bicyclic) bond motifs is 1. The maximum absolute atomic E-state index is 13.7. The van der Waals surface area contributed by atoms with E-state index in [-0.39, 0.29) is 30.0 Å². The lowest BCUT2D eigenvalue weighted by Gasteiger charge is -2.41. The van der Waals surface area contributed by atoms with Gasteiger partial charge in [-0.3, -0.25) is 0 Å². The van der Waals surface area contributed by atoms with Gasteiger partial charge >= 0.3 is 12.1 Å². The Balaban J connectivity index is 1.54. The predicted octanol–water partition coefficient (Wildman–Crippen LogP) is 4.83. The number of ether oxygens (including phenoxy) is 1. The standard InChI is InChI=1S/C26H32FN3O3/c1-26(2,3)33-25(32)29-15-14-21(17-29)28(4)24(31)30-16-13-18-7-5-6-8-22(18)23(30)19-9-11-20(27)12-10-19/h5-12,21,23H,13-17H2,1-4H3/t21?,23-/m0/s1. The van der Waals surface area contributed by atoms with Gasteiger partial charge < -0.3 is 19.4 Å². The van der Waals surface area contributed by atoms with Gasteiger partial charge in [0, 0.05) is 26.7 Å². The number of hydrogen-bond acceptors (Lipinski definition) is 3. The van der Waals surface area contributed by atoms with Crippen molar-refractivity contribution in [1.82, 2.24) is 14.7 Å². The van der Waals surface area contributed by atoms with Gasteiger partial charge in [0.05, 0.1) is 12.1 Å². The number of hydrogen-bond donors (Lipinski definition) is 0. The molecule has 2 aliphatic rings. The molecule has 176 valence electrons. The first-order valence-corrected chi connectivity index (χ1v) is 11.5. The molecule has 0 N–H and O–H groups in total. The first kappa shape index (κ1) is 23.1. The van der Waals surface area contributed by atoms with Crippen LogP contribution < -0.4 is 0 Å². The Morgan fingerprint density at radius 3 is 2.45 bits per heavy atom. The smallest absolute Gasteiger partial charge is 0.410 e. The van der Waals surface area contributed by atoms with Crippen molar-refractivity contribution in [2.75, 3.05) is 26.7 Å². The highest BCUT2D eigenvalue weighted by Crippen LogP contribution is 2.36. The van der Waals surface area contributed by atoms with Crippen LogP contribution in [0.15, 0.2) is 48.5 Å².